The molecule has 0 aliphatic rings. The Morgan fingerprint density at radius 1 is 0.310 bits per heavy atom. The van der Waals surface area contributed by atoms with Crippen LogP contribution < -0.4 is 11.5 Å². The third kappa shape index (κ3) is 5.62. The molecule has 274 valence electrons. The van der Waals surface area contributed by atoms with E-state index in [1.54, 1.807) is 24.3 Å². The van der Waals surface area contributed by atoms with Gasteiger partial charge in [0, 0.05) is 44.8 Å². The second-order valence-corrected chi connectivity index (χ2v) is 14.7. The number of anilines is 2. The molecule has 0 fully saturated rings. The van der Waals surface area contributed by atoms with Crippen LogP contribution in [-0.4, -0.2) is 11.6 Å². The number of benzene rings is 10. The van der Waals surface area contributed by atoms with Crippen LogP contribution in [0.4, 0.5) is 11.4 Å². The van der Waals surface area contributed by atoms with Gasteiger partial charge in [0.1, 0.15) is 0 Å². The van der Waals surface area contributed by atoms with Gasteiger partial charge in [-0.1, -0.05) is 170 Å². The van der Waals surface area contributed by atoms with Crippen molar-refractivity contribution in [1.82, 2.24) is 0 Å². The molecule has 0 aliphatic heterocycles. The van der Waals surface area contributed by atoms with Gasteiger partial charge in [0.2, 0.25) is 11.6 Å². The minimum atomic E-state index is -0.640. The van der Waals surface area contributed by atoms with E-state index in [9.17, 15) is 4.79 Å². The van der Waals surface area contributed by atoms with Crippen molar-refractivity contribution < 1.29 is 9.59 Å². The van der Waals surface area contributed by atoms with Crippen molar-refractivity contribution in [3.05, 3.63) is 205 Å². The molecule has 58 heavy (non-hydrogen) atoms. The number of ketones is 2. The summed E-state index contributed by atoms with van der Waals surface area (Å²) < 4.78 is 0. The Morgan fingerprint density at radius 3 is 0.983 bits per heavy atom. The van der Waals surface area contributed by atoms with Gasteiger partial charge >= 0.3 is 0 Å². The molecular formula is C54H36N2O2. The number of Topliss-reactive ketones (excluding diaryl/α,β-unsaturated/α-hetero) is 2. The van der Waals surface area contributed by atoms with Gasteiger partial charge in [-0.3, -0.25) is 9.59 Å². The molecule has 0 amide bonds. The Balaban J connectivity index is 1.50. The highest BCUT2D eigenvalue weighted by atomic mass is 16.2. The Hall–Kier alpha value is -7.82. The first kappa shape index (κ1) is 34.7. The highest BCUT2D eigenvalue weighted by molar-refractivity contribution is 6.52. The highest BCUT2D eigenvalue weighted by Gasteiger charge is 2.34. The van der Waals surface area contributed by atoms with E-state index in [0.717, 1.165) is 65.3 Å². The van der Waals surface area contributed by atoms with Gasteiger partial charge in [-0.2, -0.15) is 0 Å². The van der Waals surface area contributed by atoms with Crippen LogP contribution in [0.3, 0.4) is 0 Å². The first-order valence-corrected chi connectivity index (χ1v) is 19.3. The number of hydrogen-bond donors (Lipinski definition) is 2. The van der Waals surface area contributed by atoms with E-state index >= 15 is 4.79 Å². The molecule has 0 unspecified atom stereocenters. The fourth-order valence-electron chi connectivity index (χ4n) is 8.75. The van der Waals surface area contributed by atoms with Gasteiger partial charge in [0.15, 0.2) is 0 Å². The molecule has 0 saturated carbocycles. The minimum Gasteiger partial charge on any atom is -0.399 e. The summed E-state index contributed by atoms with van der Waals surface area (Å²) in [5, 5.41) is 7.86. The van der Waals surface area contributed by atoms with E-state index < -0.39 is 11.6 Å². The van der Waals surface area contributed by atoms with Crippen molar-refractivity contribution in [3.8, 4) is 44.5 Å². The normalized spacial score (nSPS) is 11.4. The predicted molar refractivity (Wildman–Crippen MR) is 242 cm³/mol. The van der Waals surface area contributed by atoms with Gasteiger partial charge in [-0.15, -0.1) is 0 Å². The summed E-state index contributed by atoms with van der Waals surface area (Å²) in [7, 11) is 0. The smallest absolute Gasteiger partial charge is 0.234 e. The lowest BCUT2D eigenvalue weighted by Gasteiger charge is -2.27. The predicted octanol–water partition coefficient (Wildman–Crippen LogP) is 13.2. The van der Waals surface area contributed by atoms with Crippen molar-refractivity contribution in [2.75, 3.05) is 11.5 Å². The highest BCUT2D eigenvalue weighted by Crippen LogP contribution is 2.54. The lowest BCUT2D eigenvalue weighted by Crippen LogP contribution is -2.19. The molecule has 4 heteroatoms. The van der Waals surface area contributed by atoms with E-state index in [-0.39, 0.29) is 11.1 Å². The van der Waals surface area contributed by atoms with Crippen molar-refractivity contribution in [2.45, 2.75) is 0 Å². The first-order chi connectivity index (χ1) is 28.5. The quantitative estimate of drug-likeness (QED) is 0.0966. The van der Waals surface area contributed by atoms with Crippen LogP contribution >= 0.6 is 0 Å². The lowest BCUT2D eigenvalue weighted by atomic mass is 9.75. The maximum absolute atomic E-state index is 15.9. The summed E-state index contributed by atoms with van der Waals surface area (Å²) >= 11 is 0. The van der Waals surface area contributed by atoms with Crippen LogP contribution in [0.2, 0.25) is 0 Å². The van der Waals surface area contributed by atoms with E-state index in [1.807, 2.05) is 84.9 Å². The number of fused-ring (bicyclic) bond motifs is 4. The average Bonchev–Trinajstić information content (AvgIpc) is 3.28. The summed E-state index contributed by atoms with van der Waals surface area (Å²) in [6.45, 7) is 0. The first-order valence-electron chi connectivity index (χ1n) is 19.3. The maximum Gasteiger partial charge on any atom is 0.234 e. The molecule has 4 N–H and O–H groups in total. The molecular weight excluding hydrogens is 709 g/mol. The molecule has 0 spiro atoms. The molecule has 0 saturated heterocycles. The average molecular weight is 745 g/mol. The summed E-state index contributed by atoms with van der Waals surface area (Å²) in [6.07, 6.45) is 0. The number of hydrogen-bond acceptors (Lipinski definition) is 4. The Labute approximate surface area is 335 Å². The number of rotatable bonds is 7. The minimum absolute atomic E-state index is 0.252. The van der Waals surface area contributed by atoms with Gasteiger partial charge in [-0.05, 0) is 89.6 Å². The van der Waals surface area contributed by atoms with Crippen LogP contribution in [0.25, 0.3) is 87.6 Å². The molecule has 0 heterocycles. The van der Waals surface area contributed by atoms with Crippen LogP contribution in [0.1, 0.15) is 20.7 Å². The number of nitrogens with two attached hydrogens (primary N) is 2. The van der Waals surface area contributed by atoms with E-state index in [2.05, 4.69) is 84.9 Å². The molecule has 0 aromatic heterocycles. The van der Waals surface area contributed by atoms with Gasteiger partial charge in [0.25, 0.3) is 0 Å². The van der Waals surface area contributed by atoms with Crippen molar-refractivity contribution in [2.24, 2.45) is 0 Å². The molecule has 10 aromatic carbocycles. The molecule has 0 atom stereocenters. The van der Waals surface area contributed by atoms with E-state index in [1.165, 1.54) is 0 Å². The van der Waals surface area contributed by atoms with Gasteiger partial charge in [0.05, 0.1) is 0 Å². The second-order valence-electron chi connectivity index (χ2n) is 14.7. The van der Waals surface area contributed by atoms with Crippen LogP contribution in [-0.2, 0) is 0 Å². The zero-order valence-corrected chi connectivity index (χ0v) is 31.4. The Morgan fingerprint density at radius 2 is 0.621 bits per heavy atom. The monoisotopic (exact) mass is 744 g/mol. The van der Waals surface area contributed by atoms with E-state index in [0.29, 0.717) is 33.6 Å². The topological polar surface area (TPSA) is 86.2 Å². The number of nitrogen functional groups attached to an aromatic ring is 2. The second kappa shape index (κ2) is 14.0. The summed E-state index contributed by atoms with van der Waals surface area (Å²) in [4.78, 5) is 30.8. The van der Waals surface area contributed by atoms with Gasteiger partial charge in [-0.25, -0.2) is 0 Å². The molecule has 10 rings (SSSR count). The summed E-state index contributed by atoms with van der Waals surface area (Å²) in [5.41, 5.74) is 21.4. The van der Waals surface area contributed by atoms with Crippen molar-refractivity contribution in [3.63, 3.8) is 0 Å². The SMILES string of the molecule is Nc1ccc(C(=O)C(=O)c2c(-c3cccc4ccccc34)c(-c3cccc4ccccc34)c(N)c(-c3cccc4ccccc34)c2-c2cccc3ccccc23)cc1. The molecule has 0 aliphatic carbocycles. The molecule has 4 nitrogen and oxygen atoms in total. The molecule has 0 radical (unpaired) electrons. The fraction of sp³-hybridized carbons (Fsp3) is 0. The largest absolute Gasteiger partial charge is 0.399 e. The lowest BCUT2D eigenvalue weighted by molar-refractivity contribution is 0.0817. The fourth-order valence-corrected chi connectivity index (χ4v) is 8.75. The third-order valence-corrected chi connectivity index (χ3v) is 11.4. The van der Waals surface area contributed by atoms with Crippen LogP contribution in [0.5, 0.6) is 0 Å². The Bertz CT molecular complexity index is 3090. The van der Waals surface area contributed by atoms with Crippen LogP contribution in [0, 0.1) is 0 Å². The van der Waals surface area contributed by atoms with Gasteiger partial charge < -0.3 is 11.5 Å². The number of carbonyl (C=O) groups excluding carboxylic acids is 2. The van der Waals surface area contributed by atoms with Crippen LogP contribution in [0.15, 0.2) is 194 Å². The zero-order valence-electron chi connectivity index (χ0n) is 31.4. The summed E-state index contributed by atoms with van der Waals surface area (Å²) in [5.74, 6) is -1.28. The zero-order chi connectivity index (χ0) is 39.3. The maximum atomic E-state index is 15.9. The Kier molecular flexibility index (Phi) is 8.39. The van der Waals surface area contributed by atoms with E-state index in [4.69, 9.17) is 11.5 Å². The van der Waals surface area contributed by atoms with Crippen molar-refractivity contribution in [1.29, 1.82) is 0 Å². The molecule has 10 aromatic rings. The number of carbonyl (C=O) groups is 2. The van der Waals surface area contributed by atoms with Crippen molar-refractivity contribution >= 4 is 66.0 Å². The molecule has 0 bridgehead atoms. The third-order valence-electron chi connectivity index (χ3n) is 11.4. The summed E-state index contributed by atoms with van der Waals surface area (Å²) in [6, 6.07) is 63.9. The standard InChI is InChI=1S/C54H36N2O2/c55-38-31-29-37(30-32-38)53(57)54(58)51-47(43-25-9-17-33-13-1-5-21-39(33)43)49(45-27-11-19-35-15-3-7-23-41(35)45)52(56)50(46-28-12-20-36-16-4-8-24-42(36)46)48(51)44-26-10-18-34-14-2-6-22-40(34)44/h1-32H,55-56H2.